The van der Waals surface area contributed by atoms with E-state index < -0.39 is 5.54 Å². The molecule has 0 radical (unpaired) electrons. The van der Waals surface area contributed by atoms with Gasteiger partial charge in [-0.2, -0.15) is 0 Å². The van der Waals surface area contributed by atoms with Gasteiger partial charge in [0.15, 0.2) is 0 Å². The predicted octanol–water partition coefficient (Wildman–Crippen LogP) is 2.52. The molecule has 0 rings (SSSR count). The minimum atomic E-state index is -0.558. The number of nitrogens with two attached hydrogens (primary N) is 1. The Bertz CT molecular complexity index is 250. The number of amides is 1. The first-order chi connectivity index (χ1) is 9.50. The fourth-order valence-electron chi connectivity index (χ4n) is 2.28. The molecular formula is C16H35N3O. The van der Waals surface area contributed by atoms with Gasteiger partial charge in [0, 0.05) is 0 Å². The number of hydrogen-bond donors (Lipinski definition) is 2. The van der Waals surface area contributed by atoms with Gasteiger partial charge in [0.25, 0.3) is 0 Å². The number of nitrogens with zero attached hydrogens (tertiary/aromatic N) is 1. The number of hydrogen-bond acceptors (Lipinski definition) is 3. The van der Waals surface area contributed by atoms with E-state index in [1.165, 1.54) is 38.8 Å². The van der Waals surface area contributed by atoms with Gasteiger partial charge in [-0.1, -0.05) is 26.7 Å². The van der Waals surface area contributed by atoms with Crippen molar-refractivity contribution < 1.29 is 4.79 Å². The van der Waals surface area contributed by atoms with Crippen LogP contribution in [0.3, 0.4) is 0 Å². The molecule has 120 valence electrons. The average Bonchev–Trinajstić information content (AvgIpc) is 2.44. The van der Waals surface area contributed by atoms with Crippen LogP contribution in [0.15, 0.2) is 0 Å². The van der Waals surface area contributed by atoms with Crippen LogP contribution in [0.25, 0.3) is 0 Å². The zero-order valence-corrected chi connectivity index (χ0v) is 14.0. The van der Waals surface area contributed by atoms with Crippen molar-refractivity contribution in [3.63, 3.8) is 0 Å². The van der Waals surface area contributed by atoms with Crippen molar-refractivity contribution in [3.8, 4) is 0 Å². The Kier molecular flexibility index (Phi) is 10.8. The van der Waals surface area contributed by atoms with Crippen LogP contribution in [-0.4, -0.2) is 43.0 Å². The van der Waals surface area contributed by atoms with Crippen LogP contribution < -0.4 is 11.1 Å². The first-order valence-corrected chi connectivity index (χ1v) is 8.21. The number of rotatable bonds is 13. The highest BCUT2D eigenvalue weighted by molar-refractivity contribution is 5.84. The first-order valence-electron chi connectivity index (χ1n) is 8.21. The molecule has 0 aliphatic heterocycles. The van der Waals surface area contributed by atoms with Crippen LogP contribution in [0.5, 0.6) is 0 Å². The molecule has 1 atom stereocenters. The quantitative estimate of drug-likeness (QED) is 0.511. The van der Waals surface area contributed by atoms with E-state index in [1.54, 1.807) is 7.05 Å². The van der Waals surface area contributed by atoms with Gasteiger partial charge in [-0.05, 0) is 65.7 Å². The standard InChI is InChI=1S/C16H35N3O/c1-5-7-12-19(13-8-6-2)14-10-9-11-16(3,18-4)15(17)20/h18H,5-14H2,1-4H3,(H2,17,20). The summed E-state index contributed by atoms with van der Waals surface area (Å²) in [7, 11) is 1.81. The van der Waals surface area contributed by atoms with Crippen molar-refractivity contribution in [1.82, 2.24) is 10.2 Å². The summed E-state index contributed by atoms with van der Waals surface area (Å²) in [5.41, 5.74) is 4.89. The molecule has 0 saturated carbocycles. The van der Waals surface area contributed by atoms with Crippen LogP contribution in [0.2, 0.25) is 0 Å². The zero-order chi connectivity index (χ0) is 15.4. The van der Waals surface area contributed by atoms with Crippen LogP contribution in [0.4, 0.5) is 0 Å². The Morgan fingerprint density at radius 1 is 1.05 bits per heavy atom. The molecular weight excluding hydrogens is 250 g/mol. The normalized spacial score (nSPS) is 14.4. The molecule has 4 nitrogen and oxygen atoms in total. The zero-order valence-electron chi connectivity index (χ0n) is 14.0. The van der Waals surface area contributed by atoms with E-state index in [1.807, 2.05) is 6.92 Å². The fourth-order valence-corrected chi connectivity index (χ4v) is 2.28. The number of nitrogens with one attached hydrogen (secondary N) is 1. The third-order valence-electron chi connectivity index (χ3n) is 4.15. The Hall–Kier alpha value is -0.610. The summed E-state index contributed by atoms with van der Waals surface area (Å²) >= 11 is 0. The third-order valence-corrected chi connectivity index (χ3v) is 4.15. The Labute approximate surface area is 125 Å². The molecule has 0 fully saturated rings. The van der Waals surface area contributed by atoms with Crippen molar-refractivity contribution >= 4 is 5.91 Å². The number of carbonyl (C=O) groups excluding carboxylic acids is 1. The molecule has 0 bridgehead atoms. The van der Waals surface area contributed by atoms with Gasteiger partial charge in [0.1, 0.15) is 0 Å². The maximum atomic E-state index is 11.4. The molecule has 3 N–H and O–H groups in total. The molecule has 20 heavy (non-hydrogen) atoms. The number of primary amides is 1. The highest BCUT2D eigenvalue weighted by Crippen LogP contribution is 2.13. The van der Waals surface area contributed by atoms with E-state index >= 15 is 0 Å². The second kappa shape index (κ2) is 11.1. The van der Waals surface area contributed by atoms with E-state index in [0.29, 0.717) is 0 Å². The largest absolute Gasteiger partial charge is 0.368 e. The Morgan fingerprint density at radius 3 is 1.95 bits per heavy atom. The molecule has 0 heterocycles. The van der Waals surface area contributed by atoms with Crippen LogP contribution in [0, 0.1) is 0 Å². The first kappa shape index (κ1) is 19.4. The monoisotopic (exact) mass is 285 g/mol. The maximum Gasteiger partial charge on any atom is 0.237 e. The molecule has 0 aromatic heterocycles. The summed E-state index contributed by atoms with van der Waals surface area (Å²) in [5, 5.41) is 3.05. The van der Waals surface area contributed by atoms with Gasteiger partial charge in [-0.15, -0.1) is 0 Å². The molecule has 1 amide bonds. The third kappa shape index (κ3) is 7.85. The maximum absolute atomic E-state index is 11.4. The van der Waals surface area contributed by atoms with Crippen molar-refractivity contribution in [3.05, 3.63) is 0 Å². The minimum Gasteiger partial charge on any atom is -0.368 e. The lowest BCUT2D eigenvalue weighted by Crippen LogP contribution is -2.51. The van der Waals surface area contributed by atoms with Gasteiger partial charge in [0.05, 0.1) is 5.54 Å². The van der Waals surface area contributed by atoms with Crippen LogP contribution in [-0.2, 0) is 4.79 Å². The smallest absolute Gasteiger partial charge is 0.237 e. The Morgan fingerprint density at radius 2 is 1.55 bits per heavy atom. The second-order valence-corrected chi connectivity index (χ2v) is 5.95. The highest BCUT2D eigenvalue weighted by atomic mass is 16.1. The van der Waals surface area contributed by atoms with Crippen LogP contribution in [0.1, 0.15) is 65.7 Å². The van der Waals surface area contributed by atoms with Crippen molar-refractivity contribution in [2.45, 2.75) is 71.3 Å². The molecule has 0 aromatic carbocycles. The van der Waals surface area contributed by atoms with E-state index in [0.717, 1.165) is 25.8 Å². The molecule has 0 saturated heterocycles. The van der Waals surface area contributed by atoms with E-state index in [-0.39, 0.29) is 5.91 Å². The van der Waals surface area contributed by atoms with Crippen molar-refractivity contribution in [2.75, 3.05) is 26.7 Å². The van der Waals surface area contributed by atoms with Gasteiger partial charge in [-0.3, -0.25) is 4.79 Å². The van der Waals surface area contributed by atoms with Crippen molar-refractivity contribution in [2.24, 2.45) is 5.73 Å². The highest BCUT2D eigenvalue weighted by Gasteiger charge is 2.27. The van der Waals surface area contributed by atoms with Gasteiger partial charge in [-0.25, -0.2) is 0 Å². The molecule has 0 aromatic rings. The van der Waals surface area contributed by atoms with Gasteiger partial charge >= 0.3 is 0 Å². The minimum absolute atomic E-state index is 0.256. The molecule has 0 spiro atoms. The van der Waals surface area contributed by atoms with E-state index in [2.05, 4.69) is 24.1 Å². The molecule has 1 unspecified atom stereocenters. The van der Waals surface area contributed by atoms with E-state index in [4.69, 9.17) is 5.73 Å². The molecule has 4 heteroatoms. The average molecular weight is 285 g/mol. The van der Waals surface area contributed by atoms with Gasteiger partial charge < -0.3 is 16.0 Å². The summed E-state index contributed by atoms with van der Waals surface area (Å²) in [6, 6.07) is 0. The topological polar surface area (TPSA) is 58.4 Å². The van der Waals surface area contributed by atoms with Crippen LogP contribution >= 0.6 is 0 Å². The Balaban J connectivity index is 4.00. The van der Waals surface area contributed by atoms with Crippen molar-refractivity contribution in [1.29, 1.82) is 0 Å². The summed E-state index contributed by atoms with van der Waals surface area (Å²) < 4.78 is 0. The fraction of sp³-hybridized carbons (Fsp3) is 0.938. The lowest BCUT2D eigenvalue weighted by molar-refractivity contribution is -0.123. The summed E-state index contributed by atoms with van der Waals surface area (Å²) in [6.07, 6.45) is 8.05. The SMILES string of the molecule is CCCCN(CCCC)CCCCC(C)(NC)C(N)=O. The number of unbranched alkanes of at least 4 members (excludes halogenated alkanes) is 3. The summed E-state index contributed by atoms with van der Waals surface area (Å²) in [5.74, 6) is -0.256. The van der Waals surface area contributed by atoms with Gasteiger partial charge in [0.2, 0.25) is 5.91 Å². The summed E-state index contributed by atoms with van der Waals surface area (Å²) in [4.78, 5) is 14.0. The summed E-state index contributed by atoms with van der Waals surface area (Å²) in [6.45, 7) is 9.91. The number of likely N-dealkylation sites (N-methyl/N-ethyl adjacent to an activating group) is 1. The lowest BCUT2D eigenvalue weighted by atomic mass is 9.94. The molecule has 0 aliphatic rings. The number of carbonyl (C=O) groups is 1. The molecule has 0 aliphatic carbocycles. The lowest BCUT2D eigenvalue weighted by Gasteiger charge is -2.26. The predicted molar refractivity (Wildman–Crippen MR) is 86.8 cm³/mol. The van der Waals surface area contributed by atoms with E-state index in [9.17, 15) is 4.79 Å². The second-order valence-electron chi connectivity index (χ2n) is 5.95.